The molecule has 0 unspecified atom stereocenters. The normalized spacial score (nSPS) is 11.6. The van der Waals surface area contributed by atoms with E-state index in [0.29, 0.717) is 27.7 Å². The molecule has 0 fully saturated rings. The molecule has 0 spiro atoms. The van der Waals surface area contributed by atoms with Crippen molar-refractivity contribution in [2.75, 3.05) is 10.5 Å². The quantitative estimate of drug-likeness (QED) is 0.145. The van der Waals surface area contributed by atoms with E-state index in [4.69, 9.17) is 10.5 Å². The molecular formula is C30H22F3N7O4S. The number of aryl methyl sites for hydroxylation is 2. The number of nitrogen functional groups attached to an aromatic ring is 1. The molecule has 4 N–H and O–H groups in total. The van der Waals surface area contributed by atoms with Crippen molar-refractivity contribution in [1.82, 2.24) is 24.7 Å². The lowest BCUT2D eigenvalue weighted by Crippen LogP contribution is -2.15. The maximum Gasteiger partial charge on any atom is 0.279 e. The summed E-state index contributed by atoms with van der Waals surface area (Å²) >= 11 is 0. The second kappa shape index (κ2) is 11.1. The van der Waals surface area contributed by atoms with Crippen LogP contribution in [-0.2, 0) is 10.0 Å². The zero-order chi connectivity index (χ0) is 32.0. The van der Waals surface area contributed by atoms with Gasteiger partial charge in [-0.05, 0) is 67.4 Å². The number of nitrogens with zero attached hydrogens (tertiary/aromatic N) is 4. The summed E-state index contributed by atoms with van der Waals surface area (Å²) in [4.78, 5) is 24.0. The molecule has 6 aromatic rings. The Morgan fingerprint density at radius 1 is 0.978 bits per heavy atom. The van der Waals surface area contributed by atoms with Crippen LogP contribution in [0.5, 0.6) is 11.6 Å². The fourth-order valence-corrected chi connectivity index (χ4v) is 5.70. The Balaban J connectivity index is 1.26. The minimum atomic E-state index is -4.19. The number of hydrogen-bond donors (Lipinski definition) is 3. The number of halogens is 3. The van der Waals surface area contributed by atoms with E-state index in [-0.39, 0.29) is 28.6 Å². The number of carbonyl (C=O) groups excluding carboxylic acids is 1. The van der Waals surface area contributed by atoms with Crippen LogP contribution in [0.3, 0.4) is 0 Å². The first kappa shape index (κ1) is 29.4. The molecule has 0 aliphatic carbocycles. The second-order valence-corrected chi connectivity index (χ2v) is 11.6. The lowest BCUT2D eigenvalue weighted by Gasteiger charge is -2.11. The van der Waals surface area contributed by atoms with Gasteiger partial charge in [-0.3, -0.25) is 9.52 Å². The molecule has 0 amide bonds. The number of pyridine rings is 2. The summed E-state index contributed by atoms with van der Waals surface area (Å²) in [6.07, 6.45) is 2.63. The minimum absolute atomic E-state index is 0.00426. The number of benzene rings is 2. The molecule has 0 saturated carbocycles. The Morgan fingerprint density at radius 3 is 2.42 bits per heavy atom. The lowest BCUT2D eigenvalue weighted by atomic mass is 10.1. The van der Waals surface area contributed by atoms with Crippen molar-refractivity contribution >= 4 is 38.2 Å². The smallest absolute Gasteiger partial charge is 0.279 e. The highest BCUT2D eigenvalue weighted by atomic mass is 32.2. The fourth-order valence-electron chi connectivity index (χ4n) is 4.62. The van der Waals surface area contributed by atoms with E-state index in [1.165, 1.54) is 47.4 Å². The van der Waals surface area contributed by atoms with Crippen molar-refractivity contribution in [3.8, 4) is 17.3 Å². The van der Waals surface area contributed by atoms with Crippen molar-refractivity contribution in [3.63, 3.8) is 0 Å². The first-order valence-electron chi connectivity index (χ1n) is 13.2. The van der Waals surface area contributed by atoms with Gasteiger partial charge in [0, 0.05) is 17.0 Å². The van der Waals surface area contributed by atoms with Gasteiger partial charge in [0.1, 0.15) is 5.82 Å². The predicted molar refractivity (Wildman–Crippen MR) is 158 cm³/mol. The highest BCUT2D eigenvalue weighted by Crippen LogP contribution is 2.30. The summed E-state index contributed by atoms with van der Waals surface area (Å²) in [5.74, 6) is -3.85. The highest BCUT2D eigenvalue weighted by Gasteiger charge is 2.23. The number of ether oxygens (including phenoxy) is 1. The van der Waals surface area contributed by atoms with E-state index in [1.807, 2.05) is 0 Å². The molecule has 0 atom stereocenters. The molecule has 0 aliphatic rings. The average molecular weight is 634 g/mol. The molecular weight excluding hydrogens is 611 g/mol. The number of para-hydroxylation sites is 1. The SMILES string of the molecule is Cc1cc2cc(C(=O)c3cnn(-c4cnc(Oc5c(F)cccc5F)cc4C)c3N)[nH]c2cc1NS(=O)(=O)c1cccc(F)n1. The predicted octanol–water partition coefficient (Wildman–Crippen LogP) is 5.58. The summed E-state index contributed by atoms with van der Waals surface area (Å²) < 4.78 is 76.1. The molecule has 0 saturated heterocycles. The maximum absolute atomic E-state index is 14.0. The third-order valence-corrected chi connectivity index (χ3v) is 8.15. The molecule has 0 bridgehead atoms. The van der Waals surface area contributed by atoms with Crippen LogP contribution in [0.15, 0.2) is 78.1 Å². The van der Waals surface area contributed by atoms with Gasteiger partial charge in [-0.15, -0.1) is 0 Å². The number of hydrogen-bond acceptors (Lipinski definition) is 8. The summed E-state index contributed by atoms with van der Waals surface area (Å²) in [6.45, 7) is 3.35. The lowest BCUT2D eigenvalue weighted by molar-refractivity contribution is 0.103. The number of ketones is 1. The number of sulfonamides is 1. The summed E-state index contributed by atoms with van der Waals surface area (Å²) in [6, 6.07) is 13.0. The molecule has 11 nitrogen and oxygen atoms in total. The molecule has 2 aromatic carbocycles. The number of nitrogens with two attached hydrogens (primary N) is 1. The van der Waals surface area contributed by atoms with Crippen LogP contribution in [0.1, 0.15) is 27.2 Å². The van der Waals surface area contributed by atoms with Crippen molar-refractivity contribution in [2.24, 2.45) is 0 Å². The third kappa shape index (κ3) is 5.56. The van der Waals surface area contributed by atoms with Gasteiger partial charge >= 0.3 is 0 Å². The van der Waals surface area contributed by atoms with Crippen molar-refractivity contribution in [2.45, 2.75) is 18.9 Å². The number of fused-ring (bicyclic) bond motifs is 1. The van der Waals surface area contributed by atoms with Crippen LogP contribution in [-0.4, -0.2) is 38.9 Å². The Hall–Kier alpha value is -5.70. The Morgan fingerprint density at radius 2 is 1.71 bits per heavy atom. The Bertz CT molecular complexity index is 2230. The van der Waals surface area contributed by atoms with E-state index in [9.17, 15) is 26.4 Å². The molecule has 6 rings (SSSR count). The van der Waals surface area contributed by atoms with Crippen LogP contribution in [0.2, 0.25) is 0 Å². The van der Waals surface area contributed by atoms with Gasteiger partial charge in [0.15, 0.2) is 16.7 Å². The number of nitrogens with one attached hydrogen (secondary N) is 2. The minimum Gasteiger partial charge on any atom is -0.433 e. The van der Waals surface area contributed by atoms with Gasteiger partial charge in [0.2, 0.25) is 23.4 Å². The van der Waals surface area contributed by atoms with Gasteiger partial charge in [0.05, 0.1) is 35.0 Å². The summed E-state index contributed by atoms with van der Waals surface area (Å²) in [5.41, 5.74) is 8.68. The van der Waals surface area contributed by atoms with E-state index in [2.05, 4.69) is 24.8 Å². The third-order valence-electron chi connectivity index (χ3n) is 6.88. The van der Waals surface area contributed by atoms with Gasteiger partial charge in [-0.2, -0.15) is 17.9 Å². The first-order valence-corrected chi connectivity index (χ1v) is 14.7. The largest absolute Gasteiger partial charge is 0.433 e. The zero-order valence-corrected chi connectivity index (χ0v) is 24.3. The van der Waals surface area contributed by atoms with Crippen LogP contribution >= 0.6 is 0 Å². The number of rotatable bonds is 8. The number of aromatic nitrogens is 5. The number of carbonyl (C=O) groups is 1. The van der Waals surface area contributed by atoms with Gasteiger partial charge < -0.3 is 15.5 Å². The molecule has 228 valence electrons. The van der Waals surface area contributed by atoms with E-state index >= 15 is 0 Å². The van der Waals surface area contributed by atoms with E-state index in [1.54, 1.807) is 26.0 Å². The molecule has 0 aliphatic heterocycles. The molecule has 45 heavy (non-hydrogen) atoms. The summed E-state index contributed by atoms with van der Waals surface area (Å²) in [5, 5.41) is 4.38. The first-order chi connectivity index (χ1) is 21.4. The maximum atomic E-state index is 14.0. The number of H-pyrrole nitrogens is 1. The standard InChI is InChI=1S/C30H22F3N7O4S/c1-15-9-17-11-23(37-22(17)12-21(15)39-45(42,43)27-8-4-7-25(33)38-27)28(41)18-13-36-40(30(18)34)24-14-35-26(10-16(24)2)44-29-19(31)5-3-6-20(29)32/h3-14,37,39H,34H2,1-2H3. The Labute approximate surface area is 253 Å². The van der Waals surface area contributed by atoms with Crippen molar-refractivity contribution in [3.05, 3.63) is 113 Å². The Kier molecular flexibility index (Phi) is 7.24. The zero-order valence-electron chi connectivity index (χ0n) is 23.5. The number of aromatic amines is 1. The number of anilines is 2. The van der Waals surface area contributed by atoms with E-state index in [0.717, 1.165) is 18.2 Å². The molecule has 4 heterocycles. The highest BCUT2D eigenvalue weighted by molar-refractivity contribution is 7.92. The topological polar surface area (TPSA) is 158 Å². The molecule has 15 heteroatoms. The molecule has 0 radical (unpaired) electrons. The van der Waals surface area contributed by atoms with Gasteiger partial charge in [-0.25, -0.2) is 23.4 Å². The van der Waals surface area contributed by atoms with Crippen LogP contribution < -0.4 is 15.2 Å². The fraction of sp³-hybridized carbons (Fsp3) is 0.0667. The van der Waals surface area contributed by atoms with Crippen LogP contribution in [0.25, 0.3) is 16.6 Å². The van der Waals surface area contributed by atoms with Crippen molar-refractivity contribution in [1.29, 1.82) is 0 Å². The second-order valence-electron chi connectivity index (χ2n) is 9.99. The van der Waals surface area contributed by atoms with Crippen LogP contribution in [0.4, 0.5) is 24.7 Å². The van der Waals surface area contributed by atoms with Gasteiger partial charge in [0.25, 0.3) is 10.0 Å². The summed E-state index contributed by atoms with van der Waals surface area (Å²) in [7, 11) is -4.19. The average Bonchev–Trinajstić information content (AvgIpc) is 3.58. The van der Waals surface area contributed by atoms with Crippen molar-refractivity contribution < 1.29 is 31.1 Å². The monoisotopic (exact) mass is 633 g/mol. The van der Waals surface area contributed by atoms with E-state index < -0.39 is 44.2 Å². The van der Waals surface area contributed by atoms with Gasteiger partial charge in [-0.1, -0.05) is 12.1 Å². The molecule has 4 aromatic heterocycles. The van der Waals surface area contributed by atoms with Crippen LogP contribution in [0, 0.1) is 31.4 Å².